The Morgan fingerprint density at radius 3 is 2.86 bits per heavy atom. The van der Waals surface area contributed by atoms with Crippen molar-refractivity contribution in [1.29, 1.82) is 0 Å². The van der Waals surface area contributed by atoms with Gasteiger partial charge in [-0.15, -0.1) is 0 Å². The predicted octanol–water partition coefficient (Wildman–Crippen LogP) is 1.41. The molecule has 0 aliphatic carbocycles. The molecule has 2 N–H and O–H groups in total. The van der Waals surface area contributed by atoms with Crippen molar-refractivity contribution in [2.75, 3.05) is 13.2 Å². The van der Waals surface area contributed by atoms with E-state index in [-0.39, 0.29) is 25.4 Å². The number of aryl methyl sites for hydroxylation is 1. The molecule has 0 saturated carbocycles. The van der Waals surface area contributed by atoms with E-state index in [0.29, 0.717) is 30.6 Å². The molecule has 2 aliphatic rings. The number of aliphatic hydroxyl groups is 1. The molecular formula is C13H17F2N3O3. The SMILES string of the molecule is O=C(O)N1CCc2nn3c(c2C1)C(F)(F)CC(CO)CC3. The fraction of sp³-hybridized carbons (Fsp3) is 0.692. The quantitative estimate of drug-likeness (QED) is 0.822. The van der Waals surface area contributed by atoms with Gasteiger partial charge < -0.3 is 15.1 Å². The Hall–Kier alpha value is -1.70. The Morgan fingerprint density at radius 1 is 1.43 bits per heavy atom. The number of alkyl halides is 2. The molecule has 0 bridgehead atoms. The first-order chi connectivity index (χ1) is 9.92. The molecule has 0 saturated heterocycles. The summed E-state index contributed by atoms with van der Waals surface area (Å²) in [5.74, 6) is -3.55. The maximum atomic E-state index is 14.5. The van der Waals surface area contributed by atoms with E-state index in [0.717, 1.165) is 4.90 Å². The lowest BCUT2D eigenvalue weighted by Gasteiger charge is -2.26. The molecule has 0 radical (unpaired) electrons. The van der Waals surface area contributed by atoms with Crippen molar-refractivity contribution >= 4 is 6.09 Å². The number of carbonyl (C=O) groups is 1. The number of aromatic nitrogens is 2. The molecule has 1 aromatic heterocycles. The van der Waals surface area contributed by atoms with Gasteiger partial charge in [0.05, 0.1) is 12.2 Å². The smallest absolute Gasteiger partial charge is 0.407 e. The largest absolute Gasteiger partial charge is 0.465 e. The van der Waals surface area contributed by atoms with Gasteiger partial charge in [-0.3, -0.25) is 4.68 Å². The van der Waals surface area contributed by atoms with Gasteiger partial charge in [-0.25, -0.2) is 4.79 Å². The third-order valence-electron chi connectivity index (χ3n) is 4.27. The Labute approximate surface area is 120 Å². The Morgan fingerprint density at radius 2 is 2.19 bits per heavy atom. The van der Waals surface area contributed by atoms with Crippen LogP contribution in [-0.2, 0) is 25.4 Å². The minimum atomic E-state index is -3.09. The van der Waals surface area contributed by atoms with Crippen LogP contribution in [0.1, 0.15) is 29.8 Å². The standard InChI is InChI=1S/C13H17F2N3O3/c14-13(15)5-8(7-19)1-4-18-11(13)9-6-17(12(20)21)3-2-10(9)16-18/h8,19H,1-7H2,(H,20,21). The summed E-state index contributed by atoms with van der Waals surface area (Å²) in [5, 5.41) is 22.5. The van der Waals surface area contributed by atoms with Crippen molar-refractivity contribution in [3.05, 3.63) is 17.0 Å². The molecule has 6 nitrogen and oxygen atoms in total. The zero-order valence-corrected chi connectivity index (χ0v) is 11.4. The summed E-state index contributed by atoms with van der Waals surface area (Å²) in [5.41, 5.74) is 0.747. The van der Waals surface area contributed by atoms with Crippen molar-refractivity contribution in [2.45, 2.75) is 38.3 Å². The van der Waals surface area contributed by atoms with E-state index in [1.54, 1.807) is 0 Å². The molecule has 0 aromatic carbocycles. The zero-order valence-electron chi connectivity index (χ0n) is 11.4. The number of rotatable bonds is 1. The molecule has 1 atom stereocenters. The van der Waals surface area contributed by atoms with Gasteiger partial charge in [-0.05, 0) is 12.3 Å². The number of fused-ring (bicyclic) bond motifs is 3. The van der Waals surface area contributed by atoms with Gasteiger partial charge in [0, 0.05) is 38.1 Å². The lowest BCUT2D eigenvalue weighted by molar-refractivity contribution is -0.0386. The summed E-state index contributed by atoms with van der Waals surface area (Å²) in [6.45, 7) is 0.295. The van der Waals surface area contributed by atoms with Crippen LogP contribution in [0.3, 0.4) is 0 Å². The molecule has 3 heterocycles. The Kier molecular flexibility index (Phi) is 3.35. The van der Waals surface area contributed by atoms with E-state index < -0.39 is 24.4 Å². The average Bonchev–Trinajstić information content (AvgIpc) is 2.75. The molecule has 0 fully saturated rings. The number of hydrogen-bond acceptors (Lipinski definition) is 3. The number of aliphatic hydroxyl groups excluding tert-OH is 1. The normalized spacial score (nSPS) is 24.1. The molecular weight excluding hydrogens is 284 g/mol. The molecule has 21 heavy (non-hydrogen) atoms. The summed E-state index contributed by atoms with van der Waals surface area (Å²) < 4.78 is 30.3. The van der Waals surface area contributed by atoms with Crippen molar-refractivity contribution in [1.82, 2.24) is 14.7 Å². The lowest BCUT2D eigenvalue weighted by atomic mass is 9.95. The maximum absolute atomic E-state index is 14.5. The highest BCUT2D eigenvalue weighted by Gasteiger charge is 2.44. The monoisotopic (exact) mass is 301 g/mol. The fourth-order valence-electron chi connectivity index (χ4n) is 3.18. The second-order valence-corrected chi connectivity index (χ2v) is 5.70. The molecule has 116 valence electrons. The number of carboxylic acid groups (broad SMARTS) is 1. The summed E-state index contributed by atoms with van der Waals surface area (Å²) in [4.78, 5) is 12.2. The van der Waals surface area contributed by atoms with Crippen molar-refractivity contribution in [3.63, 3.8) is 0 Å². The number of amides is 1. The molecule has 8 heteroatoms. The van der Waals surface area contributed by atoms with Gasteiger partial charge >= 0.3 is 6.09 Å². The molecule has 1 unspecified atom stereocenters. The van der Waals surface area contributed by atoms with E-state index in [1.165, 1.54) is 4.68 Å². The highest BCUT2D eigenvalue weighted by molar-refractivity contribution is 5.65. The van der Waals surface area contributed by atoms with Crippen LogP contribution in [0.4, 0.5) is 13.6 Å². The van der Waals surface area contributed by atoms with Gasteiger partial charge in [-0.1, -0.05) is 0 Å². The van der Waals surface area contributed by atoms with Crippen molar-refractivity contribution in [2.24, 2.45) is 5.92 Å². The second-order valence-electron chi connectivity index (χ2n) is 5.70. The highest BCUT2D eigenvalue weighted by Crippen LogP contribution is 2.42. The van der Waals surface area contributed by atoms with Crippen LogP contribution in [0, 0.1) is 5.92 Å². The molecule has 3 rings (SSSR count). The number of halogens is 2. The molecule has 1 amide bonds. The Balaban J connectivity index is 2.01. The first kappa shape index (κ1) is 14.2. The van der Waals surface area contributed by atoms with Crippen LogP contribution >= 0.6 is 0 Å². The van der Waals surface area contributed by atoms with Crippen LogP contribution in [0.15, 0.2) is 0 Å². The maximum Gasteiger partial charge on any atom is 0.407 e. The van der Waals surface area contributed by atoms with Crippen LogP contribution in [0.25, 0.3) is 0 Å². The van der Waals surface area contributed by atoms with Crippen LogP contribution in [0.5, 0.6) is 0 Å². The van der Waals surface area contributed by atoms with E-state index in [4.69, 9.17) is 10.2 Å². The van der Waals surface area contributed by atoms with Gasteiger partial charge in [0.25, 0.3) is 5.92 Å². The first-order valence-electron chi connectivity index (χ1n) is 6.98. The van der Waals surface area contributed by atoms with Gasteiger partial charge in [0.15, 0.2) is 0 Å². The van der Waals surface area contributed by atoms with E-state index in [9.17, 15) is 13.6 Å². The highest BCUT2D eigenvalue weighted by atomic mass is 19.3. The topological polar surface area (TPSA) is 78.6 Å². The molecule has 1 aromatic rings. The van der Waals surface area contributed by atoms with Crippen molar-refractivity contribution in [3.8, 4) is 0 Å². The minimum absolute atomic E-state index is 0.0423. The van der Waals surface area contributed by atoms with Crippen LogP contribution in [-0.4, -0.2) is 44.1 Å². The zero-order chi connectivity index (χ0) is 15.2. The fourth-order valence-corrected chi connectivity index (χ4v) is 3.18. The minimum Gasteiger partial charge on any atom is -0.465 e. The van der Waals surface area contributed by atoms with Gasteiger partial charge in [0.2, 0.25) is 0 Å². The average molecular weight is 301 g/mol. The third kappa shape index (κ3) is 2.37. The molecule has 2 aliphatic heterocycles. The summed E-state index contributed by atoms with van der Waals surface area (Å²) in [6.07, 6.45) is -0.719. The first-order valence-corrected chi connectivity index (χ1v) is 6.98. The lowest BCUT2D eigenvalue weighted by Crippen LogP contribution is -2.35. The third-order valence-corrected chi connectivity index (χ3v) is 4.27. The van der Waals surface area contributed by atoms with Crippen LogP contribution < -0.4 is 0 Å². The summed E-state index contributed by atoms with van der Waals surface area (Å²) in [7, 11) is 0. The van der Waals surface area contributed by atoms with Gasteiger partial charge in [-0.2, -0.15) is 13.9 Å². The van der Waals surface area contributed by atoms with Crippen molar-refractivity contribution < 1.29 is 23.8 Å². The molecule has 0 spiro atoms. The van der Waals surface area contributed by atoms with Gasteiger partial charge in [0.1, 0.15) is 5.69 Å². The summed E-state index contributed by atoms with van der Waals surface area (Å²) in [6, 6.07) is 0. The van der Waals surface area contributed by atoms with E-state index in [1.807, 2.05) is 0 Å². The Bertz CT molecular complexity index is 573. The van der Waals surface area contributed by atoms with E-state index >= 15 is 0 Å². The second kappa shape index (κ2) is 4.94. The van der Waals surface area contributed by atoms with E-state index in [2.05, 4.69) is 5.10 Å². The predicted molar refractivity (Wildman–Crippen MR) is 68.1 cm³/mol. The number of hydrogen-bond donors (Lipinski definition) is 2. The number of nitrogens with zero attached hydrogens (tertiary/aromatic N) is 3. The summed E-state index contributed by atoms with van der Waals surface area (Å²) >= 11 is 0. The van der Waals surface area contributed by atoms with Crippen LogP contribution in [0.2, 0.25) is 0 Å².